The summed E-state index contributed by atoms with van der Waals surface area (Å²) in [6, 6.07) is 20.0. The monoisotopic (exact) mass is 358 g/mol. The van der Waals surface area contributed by atoms with Crippen LogP contribution >= 0.6 is 0 Å². The van der Waals surface area contributed by atoms with Crippen molar-refractivity contribution >= 4 is 10.9 Å². The van der Waals surface area contributed by atoms with Crippen molar-refractivity contribution in [3.63, 3.8) is 0 Å². The van der Waals surface area contributed by atoms with E-state index >= 15 is 0 Å². The van der Waals surface area contributed by atoms with Gasteiger partial charge in [-0.1, -0.05) is 42.5 Å². The fourth-order valence-electron chi connectivity index (χ4n) is 4.73. The Kier molecular flexibility index (Phi) is 5.54. The van der Waals surface area contributed by atoms with Gasteiger partial charge in [-0.2, -0.15) is 0 Å². The third kappa shape index (κ3) is 4.06. The van der Waals surface area contributed by atoms with Gasteiger partial charge in [0, 0.05) is 11.6 Å². The van der Waals surface area contributed by atoms with Crippen LogP contribution in [-0.4, -0.2) is 30.5 Å². The molecule has 3 aromatic rings. The molecule has 0 unspecified atom stereocenters. The number of pyridine rings is 1. The number of rotatable bonds is 5. The molecule has 1 aliphatic carbocycles. The summed E-state index contributed by atoms with van der Waals surface area (Å²) in [5, 5.41) is 1.26. The largest absolute Gasteiger partial charge is 0.309 e. The van der Waals surface area contributed by atoms with E-state index in [4.69, 9.17) is 4.98 Å². The first-order valence-electron chi connectivity index (χ1n) is 10.3. The summed E-state index contributed by atoms with van der Waals surface area (Å²) in [6.45, 7) is 1.15. The van der Waals surface area contributed by atoms with Crippen molar-refractivity contribution in [1.29, 1.82) is 0 Å². The molecule has 1 aromatic heterocycles. The van der Waals surface area contributed by atoms with Crippen LogP contribution in [0.4, 0.5) is 0 Å². The second-order valence-corrected chi connectivity index (χ2v) is 8.21. The van der Waals surface area contributed by atoms with Crippen LogP contribution in [0.1, 0.15) is 54.2 Å². The molecule has 2 aromatic carbocycles. The van der Waals surface area contributed by atoms with Gasteiger partial charge < -0.3 is 4.90 Å². The number of aromatic nitrogens is 1. The molecule has 0 saturated carbocycles. The normalized spacial score (nSPS) is 19.8. The maximum absolute atomic E-state index is 4.78. The van der Waals surface area contributed by atoms with E-state index < -0.39 is 0 Å². The summed E-state index contributed by atoms with van der Waals surface area (Å²) >= 11 is 0. The molecule has 0 amide bonds. The fraction of sp³-hybridized carbons (Fsp3) is 0.400. The third-order valence-corrected chi connectivity index (χ3v) is 6.06. The molecule has 0 bridgehead atoms. The van der Waals surface area contributed by atoms with E-state index in [1.54, 1.807) is 11.1 Å². The summed E-state index contributed by atoms with van der Waals surface area (Å²) in [6.07, 6.45) is 8.34. The Balaban J connectivity index is 1.71. The molecule has 0 radical (unpaired) electrons. The Morgan fingerprint density at radius 1 is 1.04 bits per heavy atom. The highest BCUT2D eigenvalue weighted by Gasteiger charge is 2.29. The Hall–Kier alpha value is -2.19. The molecule has 0 saturated heterocycles. The van der Waals surface area contributed by atoms with E-state index in [-0.39, 0.29) is 0 Å². The molecule has 1 aliphatic rings. The molecule has 4 rings (SSSR count). The standard InChI is InChI=1S/C25H30N2/c1-27(2)16-8-14-24-22-12-5-3-9-19(22)11-7-13-23(24)21-17-20-10-4-6-15-25(20)26-18-21/h3-6,9-10,12,15,17-18,23-24H,7-8,11,13-14,16H2,1-2H3/t23-,24-/m1/s1. The number of nitrogens with zero attached hydrogens (tertiary/aromatic N) is 2. The minimum Gasteiger partial charge on any atom is -0.309 e. The zero-order valence-electron chi connectivity index (χ0n) is 16.6. The summed E-state index contributed by atoms with van der Waals surface area (Å²) in [7, 11) is 4.34. The van der Waals surface area contributed by atoms with E-state index in [9.17, 15) is 0 Å². The van der Waals surface area contributed by atoms with Gasteiger partial charge in [0.05, 0.1) is 5.52 Å². The molecule has 0 fully saturated rings. The summed E-state index contributed by atoms with van der Waals surface area (Å²) < 4.78 is 0. The van der Waals surface area contributed by atoms with Crippen LogP contribution in [0.15, 0.2) is 60.8 Å². The van der Waals surface area contributed by atoms with Crippen molar-refractivity contribution in [1.82, 2.24) is 9.88 Å². The molecule has 1 heterocycles. The Labute approximate surface area is 163 Å². The van der Waals surface area contributed by atoms with Crippen LogP contribution in [0.25, 0.3) is 10.9 Å². The van der Waals surface area contributed by atoms with Gasteiger partial charge in [-0.05, 0) is 93.4 Å². The van der Waals surface area contributed by atoms with Crippen molar-refractivity contribution in [2.75, 3.05) is 20.6 Å². The first-order valence-corrected chi connectivity index (χ1v) is 10.3. The molecule has 140 valence electrons. The molecule has 2 heteroatoms. The number of hydrogen-bond donors (Lipinski definition) is 0. The maximum atomic E-state index is 4.78. The van der Waals surface area contributed by atoms with Crippen LogP contribution in [0.3, 0.4) is 0 Å². The summed E-state index contributed by atoms with van der Waals surface area (Å²) in [5.41, 5.74) is 5.65. The lowest BCUT2D eigenvalue weighted by molar-refractivity contribution is 0.371. The second-order valence-electron chi connectivity index (χ2n) is 8.21. The Bertz CT molecular complexity index is 899. The van der Waals surface area contributed by atoms with Crippen LogP contribution in [-0.2, 0) is 6.42 Å². The quantitative estimate of drug-likeness (QED) is 0.537. The van der Waals surface area contributed by atoms with Crippen LogP contribution < -0.4 is 0 Å². The molecule has 0 aliphatic heterocycles. The molecular formula is C25H30N2. The van der Waals surface area contributed by atoms with Crippen molar-refractivity contribution in [2.24, 2.45) is 0 Å². The van der Waals surface area contributed by atoms with Gasteiger partial charge in [-0.3, -0.25) is 4.98 Å². The van der Waals surface area contributed by atoms with Crippen LogP contribution in [0, 0.1) is 0 Å². The molecule has 0 spiro atoms. The number of aryl methyl sites for hydroxylation is 1. The fourth-order valence-corrected chi connectivity index (χ4v) is 4.73. The van der Waals surface area contributed by atoms with E-state index in [1.165, 1.54) is 43.1 Å². The number of para-hydroxylation sites is 1. The van der Waals surface area contributed by atoms with Gasteiger partial charge in [-0.15, -0.1) is 0 Å². The van der Waals surface area contributed by atoms with E-state index in [0.717, 1.165) is 12.1 Å². The van der Waals surface area contributed by atoms with Gasteiger partial charge in [0.1, 0.15) is 0 Å². The zero-order valence-corrected chi connectivity index (χ0v) is 16.6. The number of fused-ring (bicyclic) bond motifs is 2. The van der Waals surface area contributed by atoms with E-state index in [1.807, 2.05) is 0 Å². The third-order valence-electron chi connectivity index (χ3n) is 6.06. The predicted molar refractivity (Wildman–Crippen MR) is 114 cm³/mol. The zero-order chi connectivity index (χ0) is 18.6. The van der Waals surface area contributed by atoms with E-state index in [0.29, 0.717) is 11.8 Å². The summed E-state index contributed by atoms with van der Waals surface area (Å²) in [4.78, 5) is 7.08. The number of benzene rings is 2. The lowest BCUT2D eigenvalue weighted by Gasteiger charge is -2.28. The minimum absolute atomic E-state index is 0.563. The summed E-state index contributed by atoms with van der Waals surface area (Å²) in [5.74, 6) is 1.15. The lowest BCUT2D eigenvalue weighted by Crippen LogP contribution is -2.17. The maximum Gasteiger partial charge on any atom is 0.0702 e. The molecule has 2 atom stereocenters. The van der Waals surface area contributed by atoms with Crippen LogP contribution in [0.2, 0.25) is 0 Å². The molecule has 0 N–H and O–H groups in total. The van der Waals surface area contributed by atoms with Crippen molar-refractivity contribution in [2.45, 2.75) is 43.9 Å². The highest BCUT2D eigenvalue weighted by Crippen LogP contribution is 2.44. The van der Waals surface area contributed by atoms with Gasteiger partial charge in [-0.25, -0.2) is 0 Å². The molecule has 2 nitrogen and oxygen atoms in total. The van der Waals surface area contributed by atoms with Crippen molar-refractivity contribution in [3.8, 4) is 0 Å². The highest BCUT2D eigenvalue weighted by molar-refractivity contribution is 5.78. The van der Waals surface area contributed by atoms with Gasteiger partial charge in [0.2, 0.25) is 0 Å². The smallest absolute Gasteiger partial charge is 0.0702 e. The van der Waals surface area contributed by atoms with Gasteiger partial charge in [0.15, 0.2) is 0 Å². The minimum atomic E-state index is 0.563. The lowest BCUT2D eigenvalue weighted by atomic mass is 9.77. The van der Waals surface area contributed by atoms with E-state index in [2.05, 4.69) is 79.8 Å². The van der Waals surface area contributed by atoms with Crippen LogP contribution in [0.5, 0.6) is 0 Å². The highest BCUT2D eigenvalue weighted by atomic mass is 15.0. The number of hydrogen-bond acceptors (Lipinski definition) is 2. The predicted octanol–water partition coefficient (Wildman–Crippen LogP) is 5.78. The first-order chi connectivity index (χ1) is 13.2. The van der Waals surface area contributed by atoms with Crippen molar-refractivity contribution in [3.05, 3.63) is 77.5 Å². The van der Waals surface area contributed by atoms with Gasteiger partial charge in [0.25, 0.3) is 0 Å². The Morgan fingerprint density at radius 3 is 2.74 bits per heavy atom. The Morgan fingerprint density at radius 2 is 1.85 bits per heavy atom. The average molecular weight is 359 g/mol. The van der Waals surface area contributed by atoms with Gasteiger partial charge >= 0.3 is 0 Å². The first kappa shape index (κ1) is 18.2. The van der Waals surface area contributed by atoms with Crippen molar-refractivity contribution < 1.29 is 0 Å². The molecular weight excluding hydrogens is 328 g/mol. The molecule has 27 heavy (non-hydrogen) atoms. The second kappa shape index (κ2) is 8.22. The SMILES string of the molecule is CN(C)CCC[C@@H]1c2ccccc2CCC[C@@H]1c1cnc2ccccc2c1. The topological polar surface area (TPSA) is 16.1 Å². The average Bonchev–Trinajstić information content (AvgIpc) is 2.87.